The van der Waals surface area contributed by atoms with Gasteiger partial charge in [-0.15, -0.1) is 0 Å². The normalized spacial score (nSPS) is 19.9. The average molecular weight is 373 g/mol. The van der Waals surface area contributed by atoms with Crippen LogP contribution in [0.3, 0.4) is 0 Å². The van der Waals surface area contributed by atoms with Crippen molar-refractivity contribution in [2.75, 3.05) is 51.1 Å². The molecule has 1 aromatic carbocycles. The number of rotatable bonds is 5. The van der Waals surface area contributed by atoms with Crippen molar-refractivity contribution in [2.24, 2.45) is 0 Å². The molecule has 148 valence electrons. The summed E-state index contributed by atoms with van der Waals surface area (Å²) < 4.78 is 0. The van der Waals surface area contributed by atoms with Crippen LogP contribution in [0.5, 0.6) is 0 Å². The highest BCUT2D eigenvalue weighted by Crippen LogP contribution is 2.18. The third-order valence-electron chi connectivity index (χ3n) is 5.98. The molecule has 2 aliphatic rings. The monoisotopic (exact) mass is 372 g/mol. The molecule has 6 heteroatoms. The van der Waals surface area contributed by atoms with Gasteiger partial charge in [-0.2, -0.15) is 0 Å². The Balaban J connectivity index is 1.45. The van der Waals surface area contributed by atoms with Gasteiger partial charge in [0.1, 0.15) is 0 Å². The molecule has 0 saturated carbocycles. The van der Waals surface area contributed by atoms with Crippen LogP contribution in [0.1, 0.15) is 30.9 Å². The van der Waals surface area contributed by atoms with Gasteiger partial charge in [-0.25, -0.2) is 0 Å². The minimum absolute atomic E-state index is 0.0262. The van der Waals surface area contributed by atoms with E-state index in [-0.39, 0.29) is 17.9 Å². The summed E-state index contributed by atoms with van der Waals surface area (Å²) in [6, 6.07) is 5.91. The van der Waals surface area contributed by atoms with Crippen LogP contribution < -0.4 is 5.32 Å². The highest BCUT2D eigenvalue weighted by molar-refractivity contribution is 5.93. The SMILES string of the molecule is Cc1cccc(NC(=O)CN2CCN(C(C)C(=O)N3CCCC3)CC2)c1C. The highest BCUT2D eigenvalue weighted by atomic mass is 16.2. The maximum Gasteiger partial charge on any atom is 0.239 e. The molecule has 2 aliphatic heterocycles. The Kier molecular flexibility index (Phi) is 6.50. The van der Waals surface area contributed by atoms with E-state index in [0.717, 1.165) is 63.4 Å². The van der Waals surface area contributed by atoms with E-state index in [1.807, 2.05) is 30.9 Å². The molecule has 1 unspecified atom stereocenters. The number of amides is 2. The summed E-state index contributed by atoms with van der Waals surface area (Å²) >= 11 is 0. The molecule has 0 aliphatic carbocycles. The number of hydrogen-bond donors (Lipinski definition) is 1. The largest absolute Gasteiger partial charge is 0.341 e. The van der Waals surface area contributed by atoms with Crippen LogP contribution in [0.25, 0.3) is 0 Å². The van der Waals surface area contributed by atoms with E-state index in [1.54, 1.807) is 0 Å². The number of aryl methyl sites for hydroxylation is 1. The molecule has 2 amide bonds. The third-order valence-corrected chi connectivity index (χ3v) is 5.98. The summed E-state index contributed by atoms with van der Waals surface area (Å²) in [6.45, 7) is 11.6. The van der Waals surface area contributed by atoms with Crippen LogP contribution in [0.4, 0.5) is 5.69 Å². The number of nitrogens with one attached hydrogen (secondary N) is 1. The molecular formula is C21H32N4O2. The maximum atomic E-state index is 12.6. The first-order chi connectivity index (χ1) is 13.0. The minimum Gasteiger partial charge on any atom is -0.341 e. The van der Waals surface area contributed by atoms with E-state index in [2.05, 4.69) is 28.1 Å². The summed E-state index contributed by atoms with van der Waals surface area (Å²) in [6.07, 6.45) is 2.25. The van der Waals surface area contributed by atoms with Crippen molar-refractivity contribution >= 4 is 17.5 Å². The molecule has 1 aromatic rings. The zero-order valence-electron chi connectivity index (χ0n) is 16.8. The van der Waals surface area contributed by atoms with Crippen LogP contribution in [0, 0.1) is 13.8 Å². The molecule has 0 aromatic heterocycles. The first-order valence-corrected chi connectivity index (χ1v) is 10.1. The fourth-order valence-electron chi connectivity index (χ4n) is 3.95. The van der Waals surface area contributed by atoms with Crippen LogP contribution in [0.15, 0.2) is 18.2 Å². The first-order valence-electron chi connectivity index (χ1n) is 10.1. The molecule has 6 nitrogen and oxygen atoms in total. The molecule has 2 fully saturated rings. The third kappa shape index (κ3) is 4.87. The second-order valence-corrected chi connectivity index (χ2v) is 7.82. The van der Waals surface area contributed by atoms with Crippen molar-refractivity contribution in [3.63, 3.8) is 0 Å². The lowest BCUT2D eigenvalue weighted by Crippen LogP contribution is -2.55. The van der Waals surface area contributed by atoms with Gasteiger partial charge in [0.05, 0.1) is 12.6 Å². The van der Waals surface area contributed by atoms with Crippen LogP contribution in [0.2, 0.25) is 0 Å². The standard InChI is InChI=1S/C21H32N4O2/c1-16-7-6-8-19(17(16)2)22-20(26)15-23-11-13-24(14-12-23)18(3)21(27)25-9-4-5-10-25/h6-8,18H,4-5,9-15H2,1-3H3,(H,22,26). The predicted octanol–water partition coefficient (Wildman–Crippen LogP) is 1.87. The van der Waals surface area contributed by atoms with Gasteiger partial charge in [-0.1, -0.05) is 12.1 Å². The zero-order valence-corrected chi connectivity index (χ0v) is 16.8. The van der Waals surface area contributed by atoms with Gasteiger partial charge in [-0.3, -0.25) is 19.4 Å². The van der Waals surface area contributed by atoms with E-state index >= 15 is 0 Å². The summed E-state index contributed by atoms with van der Waals surface area (Å²) in [4.78, 5) is 31.4. The van der Waals surface area contributed by atoms with Crippen molar-refractivity contribution < 1.29 is 9.59 Å². The lowest BCUT2D eigenvalue weighted by Gasteiger charge is -2.38. The van der Waals surface area contributed by atoms with Crippen molar-refractivity contribution in [1.29, 1.82) is 0 Å². The van der Waals surface area contributed by atoms with Crippen LogP contribution in [-0.4, -0.2) is 78.4 Å². The number of likely N-dealkylation sites (tertiary alicyclic amines) is 1. The molecule has 0 spiro atoms. The molecule has 1 atom stereocenters. The van der Waals surface area contributed by atoms with Gasteiger partial charge >= 0.3 is 0 Å². The number of benzene rings is 1. The summed E-state index contributed by atoms with van der Waals surface area (Å²) in [5.41, 5.74) is 3.19. The Morgan fingerprint density at radius 1 is 1.04 bits per heavy atom. The molecule has 3 rings (SSSR count). The molecule has 0 bridgehead atoms. The Morgan fingerprint density at radius 3 is 2.37 bits per heavy atom. The van der Waals surface area contributed by atoms with E-state index in [0.29, 0.717) is 6.54 Å². The Labute approximate surface area is 162 Å². The quantitative estimate of drug-likeness (QED) is 0.857. The van der Waals surface area contributed by atoms with Crippen molar-refractivity contribution in [3.05, 3.63) is 29.3 Å². The van der Waals surface area contributed by atoms with Crippen molar-refractivity contribution in [3.8, 4) is 0 Å². The van der Waals surface area contributed by atoms with Gasteiger partial charge in [0, 0.05) is 45.0 Å². The predicted molar refractivity (Wildman–Crippen MR) is 108 cm³/mol. The molecule has 0 radical (unpaired) electrons. The number of carbonyl (C=O) groups is 2. The second kappa shape index (κ2) is 8.85. The van der Waals surface area contributed by atoms with E-state index in [4.69, 9.17) is 0 Å². The number of nitrogens with zero attached hydrogens (tertiary/aromatic N) is 3. The Morgan fingerprint density at radius 2 is 1.70 bits per heavy atom. The number of hydrogen-bond acceptors (Lipinski definition) is 4. The molecule has 2 saturated heterocycles. The summed E-state index contributed by atoms with van der Waals surface area (Å²) in [7, 11) is 0. The Hall–Kier alpha value is -1.92. The maximum absolute atomic E-state index is 12.6. The number of anilines is 1. The van der Waals surface area contributed by atoms with E-state index < -0.39 is 0 Å². The minimum atomic E-state index is -0.0611. The Bertz CT molecular complexity index is 677. The fraction of sp³-hybridized carbons (Fsp3) is 0.619. The smallest absolute Gasteiger partial charge is 0.239 e. The van der Waals surface area contributed by atoms with Gasteiger partial charge in [0.2, 0.25) is 11.8 Å². The molecular weight excluding hydrogens is 340 g/mol. The average Bonchev–Trinajstić information content (AvgIpc) is 3.19. The van der Waals surface area contributed by atoms with E-state index in [9.17, 15) is 9.59 Å². The lowest BCUT2D eigenvalue weighted by molar-refractivity contribution is -0.136. The van der Waals surface area contributed by atoms with Gasteiger partial charge in [0.15, 0.2) is 0 Å². The summed E-state index contributed by atoms with van der Waals surface area (Å²) in [5, 5.41) is 3.03. The van der Waals surface area contributed by atoms with Crippen molar-refractivity contribution in [1.82, 2.24) is 14.7 Å². The lowest BCUT2D eigenvalue weighted by atomic mass is 10.1. The fourth-order valence-corrected chi connectivity index (χ4v) is 3.95. The second-order valence-electron chi connectivity index (χ2n) is 7.82. The van der Waals surface area contributed by atoms with Crippen LogP contribution in [-0.2, 0) is 9.59 Å². The highest BCUT2D eigenvalue weighted by Gasteiger charge is 2.30. The molecule has 27 heavy (non-hydrogen) atoms. The van der Waals surface area contributed by atoms with Crippen molar-refractivity contribution in [2.45, 2.75) is 39.7 Å². The number of carbonyl (C=O) groups excluding carboxylic acids is 2. The zero-order chi connectivity index (χ0) is 19.4. The topological polar surface area (TPSA) is 55.9 Å². The summed E-state index contributed by atoms with van der Waals surface area (Å²) in [5.74, 6) is 0.284. The van der Waals surface area contributed by atoms with Crippen LogP contribution >= 0.6 is 0 Å². The van der Waals surface area contributed by atoms with Gasteiger partial charge in [-0.05, 0) is 50.8 Å². The van der Waals surface area contributed by atoms with Gasteiger partial charge in [0.25, 0.3) is 0 Å². The van der Waals surface area contributed by atoms with E-state index in [1.165, 1.54) is 5.56 Å². The number of piperazine rings is 1. The molecule has 2 heterocycles. The first kappa shape index (κ1) is 19.8. The van der Waals surface area contributed by atoms with Gasteiger partial charge < -0.3 is 10.2 Å². The molecule has 1 N–H and O–H groups in total.